The highest BCUT2D eigenvalue weighted by Crippen LogP contribution is 2.20. The molecule has 1 N–H and O–H groups in total. The van der Waals surface area contributed by atoms with Crippen molar-refractivity contribution in [2.24, 2.45) is 0 Å². The summed E-state index contributed by atoms with van der Waals surface area (Å²) in [7, 11) is 0. The Morgan fingerprint density at radius 3 is 2.58 bits per heavy atom. The van der Waals surface area contributed by atoms with Gasteiger partial charge in [-0.25, -0.2) is 14.2 Å². The number of rotatable bonds is 5. The Kier molecular flexibility index (Phi) is 8.40. The Morgan fingerprint density at radius 2 is 1.97 bits per heavy atom. The molecule has 1 aliphatic heterocycles. The number of nitrogens with zero attached hydrogens (tertiary/aromatic N) is 3. The summed E-state index contributed by atoms with van der Waals surface area (Å²) in [5, 5.41) is 7.12. The summed E-state index contributed by atoms with van der Waals surface area (Å²) >= 11 is 0. The first-order chi connectivity index (χ1) is 14.6. The number of aromatic nitrogens is 2. The topological polar surface area (TPSA) is 84.7 Å². The van der Waals surface area contributed by atoms with Gasteiger partial charge in [-0.05, 0) is 30.7 Å². The maximum absolute atomic E-state index is 13.8. The van der Waals surface area contributed by atoms with E-state index in [9.17, 15) is 22.4 Å². The zero-order valence-corrected chi connectivity index (χ0v) is 16.8. The molecule has 1 aliphatic rings. The molecule has 0 saturated heterocycles. The summed E-state index contributed by atoms with van der Waals surface area (Å²) in [6.45, 7) is 3.62. The average molecular weight is 445 g/mol. The largest absolute Gasteiger partial charge is 0.490 e. The van der Waals surface area contributed by atoms with Gasteiger partial charge in [0, 0.05) is 24.5 Å². The number of alkyl halides is 3. The number of hydrogen-bond donors (Lipinski definition) is 1. The number of amides is 1. The summed E-state index contributed by atoms with van der Waals surface area (Å²) in [5.41, 5.74) is 1.06. The van der Waals surface area contributed by atoms with E-state index < -0.39 is 18.0 Å². The second-order valence-electron chi connectivity index (χ2n) is 6.86. The first-order valence-electron chi connectivity index (χ1n) is 9.60. The molecule has 0 radical (unpaired) electrons. The van der Waals surface area contributed by atoms with Crippen LogP contribution in [0.4, 0.5) is 17.6 Å². The summed E-state index contributed by atoms with van der Waals surface area (Å²) in [6.07, 6.45) is 0.419. The first-order valence-corrected chi connectivity index (χ1v) is 9.60. The minimum atomic E-state index is -5.08. The highest BCUT2D eigenvalue weighted by molar-refractivity contribution is 5.76. The van der Waals surface area contributed by atoms with E-state index in [4.69, 9.17) is 14.6 Å². The number of halogens is 4. The lowest BCUT2D eigenvalue weighted by atomic mass is 10.2. The lowest BCUT2D eigenvalue weighted by molar-refractivity contribution is -0.192. The SMILES string of the molecule is CCCCC(=O)N1Cc2cccn2CC(Oc2ncccc2F)C1.O=C(O)C(F)(F)F. The number of fused-ring (bicyclic) bond motifs is 1. The number of aliphatic carboxylic acids is 1. The van der Waals surface area contributed by atoms with Gasteiger partial charge in [0.2, 0.25) is 5.91 Å². The predicted octanol–water partition coefficient (Wildman–Crippen LogP) is 3.64. The van der Waals surface area contributed by atoms with Crippen LogP contribution in [0.3, 0.4) is 0 Å². The number of pyridine rings is 1. The predicted molar refractivity (Wildman–Crippen MR) is 102 cm³/mol. The van der Waals surface area contributed by atoms with E-state index in [2.05, 4.69) is 16.5 Å². The molecule has 7 nitrogen and oxygen atoms in total. The van der Waals surface area contributed by atoms with Gasteiger partial charge in [-0.3, -0.25) is 4.79 Å². The van der Waals surface area contributed by atoms with Crippen LogP contribution in [-0.2, 0) is 22.7 Å². The Hall–Kier alpha value is -3.11. The van der Waals surface area contributed by atoms with E-state index in [0.29, 0.717) is 26.1 Å². The van der Waals surface area contributed by atoms with Crippen LogP contribution in [0.25, 0.3) is 0 Å². The molecule has 0 saturated carbocycles. The number of carbonyl (C=O) groups is 2. The van der Waals surface area contributed by atoms with Crippen LogP contribution in [0.2, 0.25) is 0 Å². The molecule has 0 bridgehead atoms. The molecule has 11 heteroatoms. The summed E-state index contributed by atoms with van der Waals surface area (Å²) < 4.78 is 53.4. The van der Waals surface area contributed by atoms with Crippen LogP contribution in [0, 0.1) is 5.82 Å². The molecule has 0 aromatic carbocycles. The van der Waals surface area contributed by atoms with Crippen molar-refractivity contribution in [2.75, 3.05) is 6.54 Å². The molecule has 1 unspecified atom stereocenters. The Morgan fingerprint density at radius 1 is 1.26 bits per heavy atom. The van der Waals surface area contributed by atoms with Gasteiger partial charge in [0.25, 0.3) is 5.88 Å². The van der Waals surface area contributed by atoms with Gasteiger partial charge in [0.05, 0.1) is 19.6 Å². The van der Waals surface area contributed by atoms with E-state index in [0.717, 1.165) is 18.5 Å². The van der Waals surface area contributed by atoms with Gasteiger partial charge < -0.3 is 19.3 Å². The zero-order chi connectivity index (χ0) is 23.0. The minimum Gasteiger partial charge on any atom is -0.475 e. The van der Waals surface area contributed by atoms with Gasteiger partial charge in [-0.1, -0.05) is 13.3 Å². The highest BCUT2D eigenvalue weighted by atomic mass is 19.4. The third-order valence-corrected chi connectivity index (χ3v) is 4.44. The Labute approximate surface area is 176 Å². The van der Waals surface area contributed by atoms with E-state index in [1.165, 1.54) is 18.3 Å². The van der Waals surface area contributed by atoms with Crippen LogP contribution >= 0.6 is 0 Å². The molecule has 0 spiro atoms. The zero-order valence-electron chi connectivity index (χ0n) is 16.8. The molecule has 0 fully saturated rings. The van der Waals surface area contributed by atoms with Crippen LogP contribution in [0.1, 0.15) is 31.9 Å². The summed E-state index contributed by atoms with van der Waals surface area (Å²) in [5.74, 6) is -3.15. The maximum atomic E-state index is 13.8. The van der Waals surface area contributed by atoms with Crippen molar-refractivity contribution in [3.63, 3.8) is 0 Å². The molecule has 1 amide bonds. The molecule has 170 valence electrons. The number of ether oxygens (including phenoxy) is 1. The number of carboxylic acid groups (broad SMARTS) is 1. The quantitative estimate of drug-likeness (QED) is 0.711. The first kappa shape index (κ1) is 24.2. The molecule has 0 aliphatic carbocycles. The third kappa shape index (κ3) is 7.26. The fourth-order valence-corrected chi connectivity index (χ4v) is 2.92. The molecule has 3 rings (SSSR count). The van der Waals surface area contributed by atoms with Crippen molar-refractivity contribution < 1.29 is 37.0 Å². The molecule has 2 aromatic rings. The van der Waals surface area contributed by atoms with E-state index in [-0.39, 0.29) is 17.9 Å². The van der Waals surface area contributed by atoms with Crippen molar-refractivity contribution in [3.05, 3.63) is 48.2 Å². The van der Waals surface area contributed by atoms with Gasteiger partial charge in [-0.2, -0.15) is 13.2 Å². The van der Waals surface area contributed by atoms with Crippen LogP contribution in [0.5, 0.6) is 5.88 Å². The average Bonchev–Trinajstić information content (AvgIpc) is 3.06. The van der Waals surface area contributed by atoms with E-state index in [1.54, 1.807) is 4.90 Å². The molecule has 31 heavy (non-hydrogen) atoms. The van der Waals surface area contributed by atoms with Crippen LogP contribution < -0.4 is 4.74 Å². The molecule has 2 aromatic heterocycles. The van der Waals surface area contributed by atoms with Crippen LogP contribution in [0.15, 0.2) is 36.7 Å². The Bertz CT molecular complexity index is 885. The minimum absolute atomic E-state index is 0.0148. The fourth-order valence-electron chi connectivity index (χ4n) is 2.92. The smallest absolute Gasteiger partial charge is 0.475 e. The lowest BCUT2D eigenvalue weighted by Crippen LogP contribution is -2.38. The number of hydrogen-bond acceptors (Lipinski definition) is 4. The van der Waals surface area contributed by atoms with Gasteiger partial charge >= 0.3 is 12.1 Å². The van der Waals surface area contributed by atoms with E-state index in [1.807, 2.05) is 18.3 Å². The third-order valence-electron chi connectivity index (χ3n) is 4.44. The monoisotopic (exact) mass is 445 g/mol. The fraction of sp³-hybridized carbons (Fsp3) is 0.450. The Balaban J connectivity index is 0.000000423. The molecule has 1 atom stereocenters. The summed E-state index contributed by atoms with van der Waals surface area (Å²) in [4.78, 5) is 27.1. The second-order valence-corrected chi connectivity index (χ2v) is 6.86. The van der Waals surface area contributed by atoms with Crippen molar-refractivity contribution >= 4 is 11.9 Å². The second kappa shape index (κ2) is 10.8. The molecular weight excluding hydrogens is 422 g/mol. The molecule has 3 heterocycles. The van der Waals surface area contributed by atoms with Crippen molar-refractivity contribution in [2.45, 2.75) is 51.6 Å². The number of carboxylic acids is 1. The normalized spacial score (nSPS) is 15.9. The summed E-state index contributed by atoms with van der Waals surface area (Å²) in [6, 6.07) is 6.81. The van der Waals surface area contributed by atoms with Crippen LogP contribution in [-0.4, -0.2) is 50.3 Å². The number of carbonyl (C=O) groups excluding carboxylic acids is 1. The van der Waals surface area contributed by atoms with Crippen molar-refractivity contribution in [3.8, 4) is 5.88 Å². The highest BCUT2D eigenvalue weighted by Gasteiger charge is 2.38. The van der Waals surface area contributed by atoms with Gasteiger partial charge in [0.1, 0.15) is 6.10 Å². The number of unbranched alkanes of at least 4 members (excludes halogenated alkanes) is 1. The van der Waals surface area contributed by atoms with E-state index >= 15 is 0 Å². The van der Waals surface area contributed by atoms with Crippen molar-refractivity contribution in [1.29, 1.82) is 0 Å². The molecular formula is C20H23F4N3O4. The van der Waals surface area contributed by atoms with Crippen molar-refractivity contribution in [1.82, 2.24) is 14.5 Å². The van der Waals surface area contributed by atoms with Gasteiger partial charge in [-0.15, -0.1) is 0 Å². The van der Waals surface area contributed by atoms with Gasteiger partial charge in [0.15, 0.2) is 5.82 Å². The standard InChI is InChI=1S/C18H22FN3O2.C2HF3O2/c1-2-3-8-17(23)22-11-14-6-5-10-21(14)12-15(13-22)24-18-16(19)7-4-9-20-18;3-2(4,5)1(6)7/h4-7,9-10,15H,2-3,8,11-13H2,1H3;(H,6,7). The maximum Gasteiger partial charge on any atom is 0.490 e. The lowest BCUT2D eigenvalue weighted by Gasteiger charge is -2.24.